The minimum absolute atomic E-state index is 0.394. The van der Waals surface area contributed by atoms with Crippen molar-refractivity contribution in [1.29, 1.82) is 5.26 Å². The van der Waals surface area contributed by atoms with Crippen LogP contribution in [0.1, 0.15) is 47.4 Å². The normalized spacial score (nSPS) is 21.6. The molecule has 0 fully saturated rings. The SMILES string of the molecule is N#CCC1CCc2cc3c(c(N)c21)CCC3. The first-order valence-electron chi connectivity index (χ1n) is 6.11. The Morgan fingerprint density at radius 2 is 2.19 bits per heavy atom. The highest BCUT2D eigenvalue weighted by Crippen LogP contribution is 2.43. The molecule has 0 aromatic heterocycles. The molecule has 1 aromatic rings. The average Bonchev–Trinajstić information content (AvgIpc) is 2.86. The summed E-state index contributed by atoms with van der Waals surface area (Å²) in [6.07, 6.45) is 6.40. The predicted molar refractivity (Wildman–Crippen MR) is 64.2 cm³/mol. The molecule has 3 rings (SSSR count). The van der Waals surface area contributed by atoms with Crippen molar-refractivity contribution in [1.82, 2.24) is 0 Å². The van der Waals surface area contributed by atoms with Crippen LogP contribution in [0.5, 0.6) is 0 Å². The van der Waals surface area contributed by atoms with Crippen molar-refractivity contribution in [2.75, 3.05) is 5.73 Å². The Hall–Kier alpha value is -1.49. The van der Waals surface area contributed by atoms with Gasteiger partial charge in [-0.25, -0.2) is 0 Å². The lowest BCUT2D eigenvalue weighted by Gasteiger charge is -2.14. The van der Waals surface area contributed by atoms with Gasteiger partial charge in [-0.1, -0.05) is 6.07 Å². The van der Waals surface area contributed by atoms with Crippen LogP contribution in [0.25, 0.3) is 0 Å². The molecular formula is C14H16N2. The highest BCUT2D eigenvalue weighted by Gasteiger charge is 2.28. The summed E-state index contributed by atoms with van der Waals surface area (Å²) in [4.78, 5) is 0. The molecule has 2 heteroatoms. The Morgan fingerprint density at radius 1 is 1.31 bits per heavy atom. The summed E-state index contributed by atoms with van der Waals surface area (Å²) in [7, 11) is 0. The first-order chi connectivity index (χ1) is 7.81. The molecule has 1 aromatic carbocycles. The lowest BCUT2D eigenvalue weighted by molar-refractivity contribution is 0.696. The van der Waals surface area contributed by atoms with Crippen LogP contribution in [0.2, 0.25) is 0 Å². The summed E-state index contributed by atoms with van der Waals surface area (Å²) >= 11 is 0. The van der Waals surface area contributed by atoms with Crippen molar-refractivity contribution in [3.63, 3.8) is 0 Å². The fourth-order valence-electron chi connectivity index (χ4n) is 3.33. The molecule has 16 heavy (non-hydrogen) atoms. The van der Waals surface area contributed by atoms with Crippen LogP contribution in [0.3, 0.4) is 0 Å². The summed E-state index contributed by atoms with van der Waals surface area (Å²) in [5, 5.41) is 8.85. The number of hydrogen-bond acceptors (Lipinski definition) is 2. The zero-order valence-corrected chi connectivity index (χ0v) is 9.42. The van der Waals surface area contributed by atoms with E-state index in [9.17, 15) is 0 Å². The molecule has 2 nitrogen and oxygen atoms in total. The van der Waals surface area contributed by atoms with Gasteiger partial charge in [-0.15, -0.1) is 0 Å². The van der Waals surface area contributed by atoms with E-state index in [1.165, 1.54) is 35.1 Å². The number of nitrogens with zero attached hydrogens (tertiary/aromatic N) is 1. The molecular weight excluding hydrogens is 196 g/mol. The highest BCUT2D eigenvalue weighted by molar-refractivity contribution is 5.64. The van der Waals surface area contributed by atoms with Crippen molar-refractivity contribution >= 4 is 5.69 Å². The van der Waals surface area contributed by atoms with Crippen LogP contribution < -0.4 is 5.73 Å². The van der Waals surface area contributed by atoms with E-state index in [-0.39, 0.29) is 0 Å². The summed E-state index contributed by atoms with van der Waals surface area (Å²) in [6, 6.07) is 4.64. The lowest BCUT2D eigenvalue weighted by Crippen LogP contribution is -2.03. The first kappa shape index (κ1) is 9.72. The van der Waals surface area contributed by atoms with Crippen molar-refractivity contribution in [2.45, 2.75) is 44.4 Å². The third kappa shape index (κ3) is 1.24. The van der Waals surface area contributed by atoms with E-state index in [2.05, 4.69) is 12.1 Å². The molecule has 0 spiro atoms. The molecule has 0 radical (unpaired) electrons. The topological polar surface area (TPSA) is 49.8 Å². The number of nitrogen functional groups attached to an aromatic ring is 1. The third-order valence-corrected chi connectivity index (χ3v) is 4.08. The second-order valence-corrected chi connectivity index (χ2v) is 4.95. The number of fused-ring (bicyclic) bond motifs is 2. The zero-order valence-electron chi connectivity index (χ0n) is 9.42. The minimum atomic E-state index is 0.394. The Labute approximate surface area is 96.1 Å². The summed E-state index contributed by atoms with van der Waals surface area (Å²) in [5.74, 6) is 0.394. The second kappa shape index (κ2) is 3.52. The number of nitrogens with two attached hydrogens (primary N) is 1. The molecule has 0 aliphatic heterocycles. The van der Waals surface area contributed by atoms with Crippen molar-refractivity contribution < 1.29 is 0 Å². The standard InChI is InChI=1S/C14H16N2/c15-7-6-9-4-5-11-8-10-2-1-3-12(10)14(16)13(9)11/h8-9H,1-6,16H2. The molecule has 82 valence electrons. The fraction of sp³-hybridized carbons (Fsp3) is 0.500. The van der Waals surface area contributed by atoms with Gasteiger partial charge in [0.25, 0.3) is 0 Å². The van der Waals surface area contributed by atoms with Crippen LogP contribution in [-0.4, -0.2) is 0 Å². The maximum Gasteiger partial charge on any atom is 0.0628 e. The van der Waals surface area contributed by atoms with E-state index in [0.29, 0.717) is 12.3 Å². The quantitative estimate of drug-likeness (QED) is 0.728. The Bertz CT molecular complexity index is 482. The van der Waals surface area contributed by atoms with Gasteiger partial charge in [-0.3, -0.25) is 0 Å². The average molecular weight is 212 g/mol. The fourth-order valence-corrected chi connectivity index (χ4v) is 3.33. The number of hydrogen-bond donors (Lipinski definition) is 1. The van der Waals surface area contributed by atoms with Gasteiger partial charge in [0.1, 0.15) is 0 Å². The Morgan fingerprint density at radius 3 is 3.00 bits per heavy atom. The van der Waals surface area contributed by atoms with Crippen LogP contribution in [0.4, 0.5) is 5.69 Å². The molecule has 0 saturated heterocycles. The van der Waals surface area contributed by atoms with Gasteiger partial charge in [-0.2, -0.15) is 5.26 Å². The number of benzene rings is 1. The van der Waals surface area contributed by atoms with Crippen molar-refractivity contribution in [3.05, 3.63) is 28.3 Å². The van der Waals surface area contributed by atoms with Gasteiger partial charge in [0, 0.05) is 12.1 Å². The second-order valence-electron chi connectivity index (χ2n) is 4.95. The number of aryl methyl sites for hydroxylation is 2. The van der Waals surface area contributed by atoms with Crippen LogP contribution in [0, 0.1) is 11.3 Å². The largest absolute Gasteiger partial charge is 0.398 e. The summed E-state index contributed by atoms with van der Waals surface area (Å²) in [6.45, 7) is 0. The van der Waals surface area contributed by atoms with Crippen LogP contribution in [-0.2, 0) is 19.3 Å². The van der Waals surface area contributed by atoms with Crippen molar-refractivity contribution in [3.8, 4) is 6.07 Å². The van der Waals surface area contributed by atoms with Gasteiger partial charge >= 0.3 is 0 Å². The summed E-state index contributed by atoms with van der Waals surface area (Å²) in [5.41, 5.74) is 12.9. The Balaban J connectivity index is 2.12. The van der Waals surface area contributed by atoms with Gasteiger partial charge in [0.05, 0.1) is 6.07 Å². The molecule has 0 heterocycles. The zero-order chi connectivity index (χ0) is 11.1. The van der Waals surface area contributed by atoms with E-state index >= 15 is 0 Å². The molecule has 2 N–H and O–H groups in total. The van der Waals surface area contributed by atoms with Crippen molar-refractivity contribution in [2.24, 2.45) is 0 Å². The smallest absolute Gasteiger partial charge is 0.0628 e. The number of nitriles is 1. The van der Waals surface area contributed by atoms with Gasteiger partial charge < -0.3 is 5.73 Å². The van der Waals surface area contributed by atoms with E-state index < -0.39 is 0 Å². The van der Waals surface area contributed by atoms with Gasteiger partial charge in [0.15, 0.2) is 0 Å². The van der Waals surface area contributed by atoms with E-state index in [0.717, 1.165) is 24.9 Å². The van der Waals surface area contributed by atoms with Gasteiger partial charge in [-0.05, 0) is 60.3 Å². The molecule has 1 atom stereocenters. The molecule has 1 unspecified atom stereocenters. The highest BCUT2D eigenvalue weighted by atomic mass is 14.6. The van der Waals surface area contributed by atoms with E-state index in [4.69, 9.17) is 11.0 Å². The monoisotopic (exact) mass is 212 g/mol. The summed E-state index contributed by atoms with van der Waals surface area (Å²) < 4.78 is 0. The van der Waals surface area contributed by atoms with Gasteiger partial charge in [0.2, 0.25) is 0 Å². The van der Waals surface area contributed by atoms with E-state index in [1.54, 1.807) is 0 Å². The lowest BCUT2D eigenvalue weighted by atomic mass is 9.93. The minimum Gasteiger partial charge on any atom is -0.398 e. The number of anilines is 1. The molecule has 2 aliphatic rings. The maximum atomic E-state index is 8.85. The first-order valence-corrected chi connectivity index (χ1v) is 6.11. The third-order valence-electron chi connectivity index (χ3n) is 4.08. The van der Waals surface area contributed by atoms with Crippen LogP contribution in [0.15, 0.2) is 6.07 Å². The maximum absolute atomic E-state index is 8.85. The van der Waals surface area contributed by atoms with E-state index in [1.807, 2.05) is 0 Å². The Kier molecular flexibility index (Phi) is 2.14. The molecule has 0 bridgehead atoms. The predicted octanol–water partition coefficient (Wildman–Crippen LogP) is 2.70. The molecule has 2 aliphatic carbocycles. The number of rotatable bonds is 1. The van der Waals surface area contributed by atoms with Crippen LogP contribution >= 0.6 is 0 Å². The molecule has 0 amide bonds. The molecule has 0 saturated carbocycles.